The maximum absolute atomic E-state index is 5.75. The van der Waals surface area contributed by atoms with E-state index in [-0.39, 0.29) is 0 Å². The minimum atomic E-state index is 0.292. The van der Waals surface area contributed by atoms with Gasteiger partial charge in [0.2, 0.25) is 0 Å². The zero-order chi connectivity index (χ0) is 13.9. The van der Waals surface area contributed by atoms with Crippen LogP contribution in [0.25, 0.3) is 0 Å². The van der Waals surface area contributed by atoms with E-state index < -0.39 is 0 Å². The fourth-order valence-corrected chi connectivity index (χ4v) is 2.39. The molecule has 2 aromatic rings. The van der Waals surface area contributed by atoms with Crippen LogP contribution in [-0.4, -0.2) is 22.9 Å². The van der Waals surface area contributed by atoms with Gasteiger partial charge in [-0.15, -0.1) is 0 Å². The van der Waals surface area contributed by atoms with Crippen LogP contribution in [0.15, 0.2) is 30.5 Å². The van der Waals surface area contributed by atoms with E-state index in [0.29, 0.717) is 19.3 Å². The number of ether oxygens (including phenoxy) is 2. The number of hydrogen-bond donors (Lipinski definition) is 1. The SMILES string of the molecule is CCNC1COc2cc(OCc3ccn(C)n3)ccc21. The summed E-state index contributed by atoms with van der Waals surface area (Å²) in [6.45, 7) is 4.19. The number of benzene rings is 1. The molecule has 106 valence electrons. The largest absolute Gasteiger partial charge is 0.491 e. The van der Waals surface area contributed by atoms with Gasteiger partial charge in [-0.3, -0.25) is 4.68 Å². The molecule has 1 aliphatic rings. The van der Waals surface area contributed by atoms with E-state index in [0.717, 1.165) is 23.7 Å². The molecule has 0 radical (unpaired) electrons. The van der Waals surface area contributed by atoms with Crippen LogP contribution in [0.4, 0.5) is 0 Å². The van der Waals surface area contributed by atoms with Gasteiger partial charge in [0.15, 0.2) is 0 Å². The van der Waals surface area contributed by atoms with Gasteiger partial charge in [-0.05, 0) is 24.7 Å². The van der Waals surface area contributed by atoms with Gasteiger partial charge in [-0.1, -0.05) is 6.92 Å². The van der Waals surface area contributed by atoms with Crippen LogP contribution < -0.4 is 14.8 Å². The van der Waals surface area contributed by atoms with Crippen LogP contribution >= 0.6 is 0 Å². The second kappa shape index (κ2) is 5.54. The third-order valence-electron chi connectivity index (χ3n) is 3.37. The van der Waals surface area contributed by atoms with Crippen LogP contribution in [0.1, 0.15) is 24.2 Å². The molecule has 5 heteroatoms. The van der Waals surface area contributed by atoms with E-state index in [1.165, 1.54) is 5.56 Å². The highest BCUT2D eigenvalue weighted by Crippen LogP contribution is 2.35. The van der Waals surface area contributed by atoms with Crippen molar-refractivity contribution in [3.63, 3.8) is 0 Å². The van der Waals surface area contributed by atoms with Gasteiger partial charge in [0.25, 0.3) is 0 Å². The summed E-state index contributed by atoms with van der Waals surface area (Å²) in [7, 11) is 1.90. The molecule has 1 atom stereocenters. The van der Waals surface area contributed by atoms with Crippen molar-refractivity contribution >= 4 is 0 Å². The van der Waals surface area contributed by atoms with Crippen LogP contribution in [0.3, 0.4) is 0 Å². The summed E-state index contributed by atoms with van der Waals surface area (Å²) in [4.78, 5) is 0. The number of nitrogens with zero attached hydrogens (tertiary/aromatic N) is 2. The molecule has 1 aromatic heterocycles. The summed E-state index contributed by atoms with van der Waals surface area (Å²) < 4.78 is 13.2. The van der Waals surface area contributed by atoms with E-state index in [9.17, 15) is 0 Å². The van der Waals surface area contributed by atoms with Crippen LogP contribution in [0, 0.1) is 0 Å². The van der Waals surface area contributed by atoms with Crippen LogP contribution in [0.5, 0.6) is 11.5 Å². The monoisotopic (exact) mass is 273 g/mol. The zero-order valence-corrected chi connectivity index (χ0v) is 11.8. The van der Waals surface area contributed by atoms with Gasteiger partial charge in [0.05, 0.1) is 11.7 Å². The average molecular weight is 273 g/mol. The molecular weight excluding hydrogens is 254 g/mol. The van der Waals surface area contributed by atoms with E-state index >= 15 is 0 Å². The van der Waals surface area contributed by atoms with Gasteiger partial charge in [-0.2, -0.15) is 5.10 Å². The van der Waals surface area contributed by atoms with Crippen molar-refractivity contribution in [3.8, 4) is 11.5 Å². The van der Waals surface area contributed by atoms with Gasteiger partial charge in [0.1, 0.15) is 24.7 Å². The Hall–Kier alpha value is -2.01. The highest BCUT2D eigenvalue weighted by Gasteiger charge is 2.23. The predicted molar refractivity (Wildman–Crippen MR) is 75.9 cm³/mol. The third-order valence-corrected chi connectivity index (χ3v) is 3.37. The molecule has 0 saturated heterocycles. The second-order valence-electron chi connectivity index (χ2n) is 4.89. The lowest BCUT2D eigenvalue weighted by Crippen LogP contribution is -2.21. The van der Waals surface area contributed by atoms with Gasteiger partial charge >= 0.3 is 0 Å². The first kappa shape index (κ1) is 13.0. The molecule has 0 bridgehead atoms. The first-order valence-electron chi connectivity index (χ1n) is 6.87. The smallest absolute Gasteiger partial charge is 0.132 e. The highest BCUT2D eigenvalue weighted by atomic mass is 16.5. The van der Waals surface area contributed by atoms with E-state index in [4.69, 9.17) is 9.47 Å². The fourth-order valence-electron chi connectivity index (χ4n) is 2.39. The molecule has 20 heavy (non-hydrogen) atoms. The maximum atomic E-state index is 5.75. The van der Waals surface area contributed by atoms with Crippen molar-refractivity contribution in [2.45, 2.75) is 19.6 Å². The molecule has 1 unspecified atom stereocenters. The minimum Gasteiger partial charge on any atom is -0.491 e. The lowest BCUT2D eigenvalue weighted by atomic mass is 10.1. The Balaban J connectivity index is 1.67. The Morgan fingerprint density at radius 1 is 1.45 bits per heavy atom. The van der Waals surface area contributed by atoms with Crippen molar-refractivity contribution < 1.29 is 9.47 Å². The summed E-state index contributed by atoms with van der Waals surface area (Å²) >= 11 is 0. The third kappa shape index (κ3) is 2.63. The Bertz CT molecular complexity index is 595. The quantitative estimate of drug-likeness (QED) is 0.905. The molecule has 0 amide bonds. The van der Waals surface area contributed by atoms with Crippen molar-refractivity contribution in [2.24, 2.45) is 7.05 Å². The molecule has 5 nitrogen and oxygen atoms in total. The first-order valence-corrected chi connectivity index (χ1v) is 6.87. The lowest BCUT2D eigenvalue weighted by molar-refractivity contribution is 0.293. The first-order chi connectivity index (χ1) is 9.76. The Labute approximate surface area is 118 Å². The standard InChI is InChI=1S/C15H19N3O2/c1-3-16-14-10-20-15-8-12(4-5-13(14)15)19-9-11-6-7-18(2)17-11/h4-8,14,16H,3,9-10H2,1-2H3. The van der Waals surface area contributed by atoms with E-state index in [1.807, 2.05) is 31.4 Å². The van der Waals surface area contributed by atoms with Crippen LogP contribution in [-0.2, 0) is 13.7 Å². The van der Waals surface area contributed by atoms with Gasteiger partial charge in [-0.25, -0.2) is 0 Å². The van der Waals surface area contributed by atoms with Gasteiger partial charge < -0.3 is 14.8 Å². The minimum absolute atomic E-state index is 0.292. The Morgan fingerprint density at radius 2 is 2.35 bits per heavy atom. The molecule has 1 aromatic carbocycles. The van der Waals surface area contributed by atoms with Crippen molar-refractivity contribution in [1.29, 1.82) is 0 Å². The lowest BCUT2D eigenvalue weighted by Gasteiger charge is -2.09. The van der Waals surface area contributed by atoms with Crippen molar-refractivity contribution in [2.75, 3.05) is 13.2 Å². The molecule has 1 aliphatic heterocycles. The molecule has 0 aliphatic carbocycles. The predicted octanol–water partition coefficient (Wildman–Crippen LogP) is 2.04. The zero-order valence-electron chi connectivity index (χ0n) is 11.8. The Morgan fingerprint density at radius 3 is 3.10 bits per heavy atom. The highest BCUT2D eigenvalue weighted by molar-refractivity contribution is 5.45. The van der Waals surface area contributed by atoms with Crippen LogP contribution in [0.2, 0.25) is 0 Å². The van der Waals surface area contributed by atoms with Crippen molar-refractivity contribution in [1.82, 2.24) is 15.1 Å². The fraction of sp³-hybridized carbons (Fsp3) is 0.400. The molecular formula is C15H19N3O2. The number of fused-ring (bicyclic) bond motifs is 1. The topological polar surface area (TPSA) is 48.3 Å². The molecule has 3 rings (SSSR count). The number of rotatable bonds is 5. The molecule has 0 fully saturated rings. The summed E-state index contributed by atoms with van der Waals surface area (Å²) in [6.07, 6.45) is 1.91. The van der Waals surface area contributed by atoms with E-state index in [2.05, 4.69) is 23.4 Å². The summed E-state index contributed by atoms with van der Waals surface area (Å²) in [5, 5.41) is 7.69. The molecule has 2 heterocycles. The molecule has 0 saturated carbocycles. The van der Waals surface area contributed by atoms with Gasteiger partial charge in [0, 0.05) is 24.9 Å². The summed E-state index contributed by atoms with van der Waals surface area (Å²) in [6, 6.07) is 8.25. The Kier molecular flexibility index (Phi) is 3.60. The second-order valence-corrected chi connectivity index (χ2v) is 4.89. The molecule has 1 N–H and O–H groups in total. The van der Waals surface area contributed by atoms with E-state index in [1.54, 1.807) is 4.68 Å². The normalized spacial score (nSPS) is 16.8. The summed E-state index contributed by atoms with van der Waals surface area (Å²) in [5.41, 5.74) is 2.12. The van der Waals surface area contributed by atoms with Crippen molar-refractivity contribution in [3.05, 3.63) is 41.7 Å². The maximum Gasteiger partial charge on any atom is 0.132 e. The number of hydrogen-bond acceptors (Lipinski definition) is 4. The summed E-state index contributed by atoms with van der Waals surface area (Å²) in [5.74, 6) is 1.72. The molecule has 0 spiro atoms. The number of aryl methyl sites for hydroxylation is 1. The number of likely N-dealkylation sites (N-methyl/N-ethyl adjacent to an activating group) is 1. The average Bonchev–Trinajstić information content (AvgIpc) is 3.04. The number of nitrogens with one attached hydrogen (secondary N) is 1. The number of aromatic nitrogens is 2.